The summed E-state index contributed by atoms with van der Waals surface area (Å²) in [5.41, 5.74) is 4.24. The van der Waals surface area contributed by atoms with Gasteiger partial charge < -0.3 is 29.6 Å². The molecule has 0 fully saturated rings. The highest BCUT2D eigenvalue weighted by atomic mass is 16.5. The summed E-state index contributed by atoms with van der Waals surface area (Å²) in [5, 5.41) is 6.76. The molecule has 190 valence electrons. The van der Waals surface area contributed by atoms with Gasteiger partial charge in [0.05, 0.1) is 34.4 Å². The smallest absolute Gasteiger partial charge is 0.229 e. The minimum atomic E-state index is -0.409. The molecular weight excluding hydrogens is 456 g/mol. The summed E-state index contributed by atoms with van der Waals surface area (Å²) in [7, 11) is 6.50. The maximum Gasteiger partial charge on any atom is 0.229 e. The first kappa shape index (κ1) is 25.4. The van der Waals surface area contributed by atoms with Gasteiger partial charge in [0.2, 0.25) is 5.91 Å². The molecule has 0 saturated carbocycles. The molecule has 0 saturated heterocycles. The molecule has 2 atom stereocenters. The van der Waals surface area contributed by atoms with Crippen LogP contribution in [0.4, 0.5) is 0 Å². The normalized spacial score (nSPS) is 15.4. The van der Waals surface area contributed by atoms with Crippen LogP contribution in [0.25, 0.3) is 0 Å². The van der Waals surface area contributed by atoms with Gasteiger partial charge in [0.1, 0.15) is 0 Å². The Hall–Kier alpha value is -3.71. The van der Waals surface area contributed by atoms with Crippen LogP contribution in [0.3, 0.4) is 0 Å². The second kappa shape index (κ2) is 11.8. The zero-order chi connectivity index (χ0) is 25.5. The first-order chi connectivity index (χ1) is 17.6. The molecule has 0 spiro atoms. The van der Waals surface area contributed by atoms with E-state index >= 15 is 0 Å². The fourth-order valence-corrected chi connectivity index (χ4v) is 4.84. The third-order valence-electron chi connectivity index (χ3n) is 6.67. The van der Waals surface area contributed by atoms with Crippen molar-refractivity contribution in [1.82, 2.24) is 10.6 Å². The quantitative estimate of drug-likeness (QED) is 0.447. The van der Waals surface area contributed by atoms with Crippen molar-refractivity contribution in [2.24, 2.45) is 0 Å². The van der Waals surface area contributed by atoms with E-state index in [2.05, 4.69) is 10.6 Å². The van der Waals surface area contributed by atoms with E-state index in [1.807, 2.05) is 60.7 Å². The Morgan fingerprint density at radius 2 is 1.56 bits per heavy atom. The van der Waals surface area contributed by atoms with E-state index in [0.29, 0.717) is 36.0 Å². The van der Waals surface area contributed by atoms with Gasteiger partial charge >= 0.3 is 0 Å². The summed E-state index contributed by atoms with van der Waals surface area (Å²) in [6, 6.07) is 19.6. The van der Waals surface area contributed by atoms with E-state index in [9.17, 15) is 4.79 Å². The zero-order valence-electron chi connectivity index (χ0n) is 21.3. The first-order valence-electron chi connectivity index (χ1n) is 12.1. The molecule has 7 heteroatoms. The second-order valence-electron chi connectivity index (χ2n) is 8.71. The molecule has 0 bridgehead atoms. The highest BCUT2D eigenvalue weighted by Crippen LogP contribution is 2.40. The fourth-order valence-electron chi connectivity index (χ4n) is 4.84. The van der Waals surface area contributed by atoms with Crippen molar-refractivity contribution in [3.05, 3.63) is 82.9 Å². The summed E-state index contributed by atoms with van der Waals surface area (Å²) in [6.45, 7) is 1.28. The molecule has 4 rings (SSSR count). The monoisotopic (exact) mass is 490 g/mol. The molecular formula is C29H34N2O5. The van der Waals surface area contributed by atoms with Crippen LogP contribution in [0.15, 0.2) is 60.7 Å². The van der Waals surface area contributed by atoms with Crippen LogP contribution >= 0.6 is 0 Å². The van der Waals surface area contributed by atoms with Crippen molar-refractivity contribution in [2.45, 2.75) is 24.8 Å². The van der Waals surface area contributed by atoms with Gasteiger partial charge in [0.25, 0.3) is 0 Å². The number of carbonyl (C=O) groups is 1. The molecule has 1 amide bonds. The van der Waals surface area contributed by atoms with Gasteiger partial charge in [0.15, 0.2) is 23.0 Å². The largest absolute Gasteiger partial charge is 0.493 e. The molecule has 2 unspecified atom stereocenters. The van der Waals surface area contributed by atoms with Gasteiger partial charge in [-0.05, 0) is 65.9 Å². The predicted octanol–water partition coefficient (Wildman–Crippen LogP) is 4.05. The molecule has 3 aromatic carbocycles. The van der Waals surface area contributed by atoms with Crippen molar-refractivity contribution < 1.29 is 23.7 Å². The molecule has 36 heavy (non-hydrogen) atoms. The van der Waals surface area contributed by atoms with Gasteiger partial charge in [-0.25, -0.2) is 0 Å². The van der Waals surface area contributed by atoms with E-state index in [1.54, 1.807) is 28.4 Å². The number of amides is 1. The van der Waals surface area contributed by atoms with Gasteiger partial charge in [0, 0.05) is 12.6 Å². The highest BCUT2D eigenvalue weighted by Gasteiger charge is 2.34. The summed E-state index contributed by atoms with van der Waals surface area (Å²) < 4.78 is 21.8. The Morgan fingerprint density at radius 3 is 2.25 bits per heavy atom. The number of benzene rings is 3. The van der Waals surface area contributed by atoms with Crippen LogP contribution < -0.4 is 29.6 Å². The molecule has 1 aliphatic rings. The van der Waals surface area contributed by atoms with Gasteiger partial charge in [-0.2, -0.15) is 0 Å². The van der Waals surface area contributed by atoms with E-state index in [-0.39, 0.29) is 11.9 Å². The SMILES string of the molecule is COc1ccc(CCNC(=O)C(c2ccccc2)C2NCCc3cc(OC)c(OC)cc32)cc1OC. The van der Waals surface area contributed by atoms with Crippen LogP contribution in [0, 0.1) is 0 Å². The highest BCUT2D eigenvalue weighted by molar-refractivity contribution is 5.85. The second-order valence-corrected chi connectivity index (χ2v) is 8.71. The maximum absolute atomic E-state index is 13.7. The molecule has 2 N–H and O–H groups in total. The van der Waals surface area contributed by atoms with Gasteiger partial charge in [-0.1, -0.05) is 36.4 Å². The Kier molecular flexibility index (Phi) is 8.33. The van der Waals surface area contributed by atoms with Crippen molar-refractivity contribution in [3.8, 4) is 23.0 Å². The number of ether oxygens (including phenoxy) is 4. The number of carbonyl (C=O) groups excluding carboxylic acids is 1. The Balaban J connectivity index is 1.58. The van der Waals surface area contributed by atoms with Crippen molar-refractivity contribution >= 4 is 5.91 Å². The zero-order valence-corrected chi connectivity index (χ0v) is 21.3. The summed E-state index contributed by atoms with van der Waals surface area (Å²) in [4.78, 5) is 13.7. The van der Waals surface area contributed by atoms with Crippen LogP contribution in [0.1, 0.15) is 34.2 Å². The number of fused-ring (bicyclic) bond motifs is 1. The third kappa shape index (κ3) is 5.41. The van der Waals surface area contributed by atoms with Gasteiger partial charge in [-0.3, -0.25) is 4.79 Å². The molecule has 0 aliphatic carbocycles. The molecule has 3 aromatic rings. The summed E-state index contributed by atoms with van der Waals surface area (Å²) in [6.07, 6.45) is 1.53. The van der Waals surface area contributed by atoms with Crippen LogP contribution in [-0.2, 0) is 17.6 Å². The third-order valence-corrected chi connectivity index (χ3v) is 6.67. The van der Waals surface area contributed by atoms with E-state index in [4.69, 9.17) is 18.9 Å². The minimum absolute atomic E-state index is 0.0261. The van der Waals surface area contributed by atoms with Crippen LogP contribution in [-0.4, -0.2) is 47.4 Å². The maximum atomic E-state index is 13.7. The standard InChI is InChI=1S/C29H34N2O5/c1-33-23-11-10-19(16-24(23)34-2)12-14-31-29(32)27(20-8-6-5-7-9-20)28-22-18-26(36-4)25(35-3)17-21(22)13-15-30-28/h5-11,16-18,27-28,30H,12-15H2,1-4H3,(H,31,32). The number of hydrogen-bond acceptors (Lipinski definition) is 6. The van der Waals surface area contributed by atoms with Crippen molar-refractivity contribution in [3.63, 3.8) is 0 Å². The topological polar surface area (TPSA) is 78.1 Å². The predicted molar refractivity (Wildman–Crippen MR) is 139 cm³/mol. The lowest BCUT2D eigenvalue weighted by Crippen LogP contribution is -2.41. The van der Waals surface area contributed by atoms with Crippen molar-refractivity contribution in [1.29, 1.82) is 0 Å². The Bertz CT molecular complexity index is 1180. The average molecular weight is 491 g/mol. The lowest BCUT2D eigenvalue weighted by molar-refractivity contribution is -0.123. The average Bonchev–Trinajstić information content (AvgIpc) is 2.93. The number of rotatable bonds is 10. The van der Waals surface area contributed by atoms with E-state index in [0.717, 1.165) is 35.2 Å². The number of nitrogens with one attached hydrogen (secondary N) is 2. The van der Waals surface area contributed by atoms with Crippen LogP contribution in [0.5, 0.6) is 23.0 Å². The van der Waals surface area contributed by atoms with E-state index < -0.39 is 5.92 Å². The fraction of sp³-hybridized carbons (Fsp3) is 0.345. The molecule has 0 radical (unpaired) electrons. The lowest BCUT2D eigenvalue weighted by Gasteiger charge is -2.33. The van der Waals surface area contributed by atoms with Crippen molar-refractivity contribution in [2.75, 3.05) is 41.5 Å². The Labute approximate surface area is 212 Å². The van der Waals surface area contributed by atoms with Gasteiger partial charge in [-0.15, -0.1) is 0 Å². The minimum Gasteiger partial charge on any atom is -0.493 e. The summed E-state index contributed by atoms with van der Waals surface area (Å²) in [5.74, 6) is 2.29. The molecule has 1 aliphatic heterocycles. The lowest BCUT2D eigenvalue weighted by atomic mass is 9.81. The van der Waals surface area contributed by atoms with Crippen LogP contribution in [0.2, 0.25) is 0 Å². The number of methoxy groups -OCH3 is 4. The summed E-state index contributed by atoms with van der Waals surface area (Å²) >= 11 is 0. The van der Waals surface area contributed by atoms with E-state index in [1.165, 1.54) is 0 Å². The number of hydrogen-bond donors (Lipinski definition) is 2. The molecule has 7 nitrogen and oxygen atoms in total. The Morgan fingerprint density at radius 1 is 0.889 bits per heavy atom. The first-order valence-corrected chi connectivity index (χ1v) is 12.1. The molecule has 1 heterocycles. The molecule has 0 aromatic heterocycles.